The number of ether oxygens (including phenoxy) is 2. The zero-order valence-electron chi connectivity index (χ0n) is 13.8. The van der Waals surface area contributed by atoms with Crippen molar-refractivity contribution in [2.75, 3.05) is 6.61 Å². The number of carbonyl (C=O) groups excluding carboxylic acids is 1. The van der Waals surface area contributed by atoms with Gasteiger partial charge in [0.15, 0.2) is 0 Å². The van der Waals surface area contributed by atoms with Crippen molar-refractivity contribution < 1.29 is 18.7 Å². The molecule has 3 rings (SSSR count). The summed E-state index contributed by atoms with van der Waals surface area (Å²) in [6, 6.07) is 16.4. The van der Waals surface area contributed by atoms with Gasteiger partial charge in [0.05, 0.1) is 18.2 Å². The lowest BCUT2D eigenvalue weighted by Gasteiger charge is -2.05. The molecule has 126 valence electrons. The van der Waals surface area contributed by atoms with Gasteiger partial charge in [0.1, 0.15) is 12.2 Å². The molecule has 1 heterocycles. The van der Waals surface area contributed by atoms with Gasteiger partial charge in [-0.25, -0.2) is 4.79 Å². The van der Waals surface area contributed by atoms with Gasteiger partial charge in [-0.1, -0.05) is 30.3 Å². The molecule has 3 aromatic rings. The van der Waals surface area contributed by atoms with Crippen molar-refractivity contribution in [3.05, 3.63) is 71.0 Å². The molecule has 0 aliphatic rings. The molecule has 0 amide bonds. The van der Waals surface area contributed by atoms with Gasteiger partial charge in [-0.15, -0.1) is 0 Å². The summed E-state index contributed by atoms with van der Waals surface area (Å²) in [6.45, 7) is 2.83. The van der Waals surface area contributed by atoms with Crippen LogP contribution in [0, 0.1) is 11.3 Å². The number of hydrogen-bond donors (Lipinski definition) is 0. The zero-order chi connectivity index (χ0) is 17.6. The number of benzene rings is 2. The number of rotatable bonds is 6. The second-order valence-electron chi connectivity index (χ2n) is 5.43. The first-order valence-electron chi connectivity index (χ1n) is 7.97. The van der Waals surface area contributed by atoms with E-state index in [0.717, 1.165) is 10.9 Å². The Morgan fingerprint density at radius 2 is 1.88 bits per heavy atom. The minimum atomic E-state index is -0.532. The minimum absolute atomic E-state index is 0.107. The van der Waals surface area contributed by atoms with Crippen LogP contribution in [-0.4, -0.2) is 12.6 Å². The first-order valence-corrected chi connectivity index (χ1v) is 7.97. The first-order chi connectivity index (χ1) is 12.2. The maximum absolute atomic E-state index is 12.5. The molecule has 0 saturated heterocycles. The Labute approximate surface area is 145 Å². The number of esters is 1. The summed E-state index contributed by atoms with van der Waals surface area (Å²) in [5, 5.41) is 9.65. The highest BCUT2D eigenvalue weighted by molar-refractivity contribution is 5.96. The van der Waals surface area contributed by atoms with Gasteiger partial charge in [-0.2, -0.15) is 5.26 Å². The van der Waals surface area contributed by atoms with Crippen molar-refractivity contribution in [3.8, 4) is 6.07 Å². The van der Waals surface area contributed by atoms with Crippen molar-refractivity contribution in [1.29, 1.82) is 5.26 Å². The third-order valence-corrected chi connectivity index (χ3v) is 3.79. The monoisotopic (exact) mass is 335 g/mol. The number of nitriles is 1. The van der Waals surface area contributed by atoms with Gasteiger partial charge in [0, 0.05) is 17.6 Å². The van der Waals surface area contributed by atoms with Crippen LogP contribution in [0.25, 0.3) is 11.0 Å². The molecule has 0 spiro atoms. The summed E-state index contributed by atoms with van der Waals surface area (Å²) < 4.78 is 16.5. The third kappa shape index (κ3) is 3.70. The van der Waals surface area contributed by atoms with E-state index in [1.807, 2.05) is 31.2 Å². The minimum Gasteiger partial charge on any atom is -0.455 e. The molecule has 0 saturated carbocycles. The second-order valence-corrected chi connectivity index (χ2v) is 5.43. The summed E-state index contributed by atoms with van der Waals surface area (Å²) in [4.78, 5) is 12.5. The summed E-state index contributed by atoms with van der Waals surface area (Å²) >= 11 is 0. The van der Waals surface area contributed by atoms with E-state index >= 15 is 0 Å². The van der Waals surface area contributed by atoms with Crippen molar-refractivity contribution in [2.24, 2.45) is 0 Å². The summed E-state index contributed by atoms with van der Waals surface area (Å²) in [5.74, 6) is -0.362. The molecular formula is C20H17NO4. The molecule has 0 fully saturated rings. The van der Waals surface area contributed by atoms with Crippen LogP contribution >= 0.6 is 0 Å². The van der Waals surface area contributed by atoms with E-state index < -0.39 is 5.97 Å². The molecule has 0 radical (unpaired) electrons. The fraction of sp³-hybridized carbons (Fsp3) is 0.200. The molecule has 0 N–H and O–H groups in total. The zero-order valence-corrected chi connectivity index (χ0v) is 13.8. The van der Waals surface area contributed by atoms with Gasteiger partial charge in [0.25, 0.3) is 0 Å². The molecule has 0 aliphatic carbocycles. The third-order valence-electron chi connectivity index (χ3n) is 3.79. The van der Waals surface area contributed by atoms with E-state index in [1.165, 1.54) is 0 Å². The van der Waals surface area contributed by atoms with Gasteiger partial charge in [-0.05, 0) is 30.7 Å². The maximum atomic E-state index is 12.5. The molecule has 2 aromatic carbocycles. The topological polar surface area (TPSA) is 72.5 Å². The van der Waals surface area contributed by atoms with E-state index in [-0.39, 0.29) is 19.0 Å². The van der Waals surface area contributed by atoms with E-state index in [2.05, 4.69) is 6.07 Å². The lowest BCUT2D eigenvalue weighted by molar-refractivity contribution is 0.0430. The normalized spacial score (nSPS) is 10.6. The quantitative estimate of drug-likeness (QED) is 0.631. The first kappa shape index (κ1) is 16.7. The molecule has 0 unspecified atom stereocenters. The molecule has 0 bridgehead atoms. The van der Waals surface area contributed by atoms with Crippen LogP contribution in [0.5, 0.6) is 0 Å². The molecule has 1 aromatic heterocycles. The van der Waals surface area contributed by atoms with Gasteiger partial charge >= 0.3 is 5.97 Å². The number of fused-ring (bicyclic) bond motifs is 1. The van der Waals surface area contributed by atoms with Crippen LogP contribution in [0.3, 0.4) is 0 Å². The fourth-order valence-electron chi connectivity index (χ4n) is 2.50. The Hall–Kier alpha value is -3.10. The Balaban J connectivity index is 1.79. The average molecular weight is 335 g/mol. The van der Waals surface area contributed by atoms with Crippen molar-refractivity contribution in [1.82, 2.24) is 0 Å². The Kier molecular flexibility index (Phi) is 5.12. The van der Waals surface area contributed by atoms with E-state index in [0.29, 0.717) is 23.3 Å². The van der Waals surface area contributed by atoms with Crippen molar-refractivity contribution in [3.63, 3.8) is 0 Å². The van der Waals surface area contributed by atoms with Crippen LogP contribution in [0.15, 0.2) is 52.9 Å². The highest BCUT2D eigenvalue weighted by atomic mass is 16.5. The lowest BCUT2D eigenvalue weighted by atomic mass is 10.1. The number of carbonyl (C=O) groups is 1. The summed E-state index contributed by atoms with van der Waals surface area (Å²) in [5.41, 5.74) is 2.69. The van der Waals surface area contributed by atoms with E-state index in [4.69, 9.17) is 19.2 Å². The van der Waals surface area contributed by atoms with Crippen LogP contribution in [0.2, 0.25) is 0 Å². The Morgan fingerprint density at radius 3 is 2.60 bits per heavy atom. The molecule has 5 nitrogen and oxygen atoms in total. The van der Waals surface area contributed by atoms with Crippen LogP contribution in [0.4, 0.5) is 0 Å². The van der Waals surface area contributed by atoms with Crippen LogP contribution < -0.4 is 0 Å². The highest BCUT2D eigenvalue weighted by Gasteiger charge is 2.21. The molecule has 5 heteroatoms. The maximum Gasteiger partial charge on any atom is 0.374 e. The molecular weight excluding hydrogens is 318 g/mol. The van der Waals surface area contributed by atoms with Gasteiger partial charge in [-0.3, -0.25) is 0 Å². The Morgan fingerprint density at radius 1 is 1.12 bits per heavy atom. The number of hydrogen-bond acceptors (Lipinski definition) is 5. The van der Waals surface area contributed by atoms with Crippen molar-refractivity contribution >= 4 is 16.9 Å². The standard InChI is InChI=1S/C20H17NO4/c1-2-23-13-17-16-5-3-4-6-18(16)25-19(17)20(22)24-12-15-9-7-14(11-21)8-10-15/h3-10H,2,12-13H2,1H3. The van der Waals surface area contributed by atoms with Gasteiger partial charge in [0.2, 0.25) is 5.76 Å². The number of nitrogens with zero attached hydrogens (tertiary/aromatic N) is 1. The van der Waals surface area contributed by atoms with Crippen LogP contribution in [-0.2, 0) is 22.7 Å². The fourth-order valence-corrected chi connectivity index (χ4v) is 2.50. The molecule has 25 heavy (non-hydrogen) atoms. The van der Waals surface area contributed by atoms with E-state index in [9.17, 15) is 4.79 Å². The second kappa shape index (κ2) is 7.65. The van der Waals surface area contributed by atoms with E-state index in [1.54, 1.807) is 24.3 Å². The molecule has 0 atom stereocenters. The SMILES string of the molecule is CCOCc1c(C(=O)OCc2ccc(C#N)cc2)oc2ccccc12. The van der Waals surface area contributed by atoms with Crippen molar-refractivity contribution in [2.45, 2.75) is 20.1 Å². The molecule has 0 aliphatic heterocycles. The van der Waals surface area contributed by atoms with Gasteiger partial charge < -0.3 is 13.9 Å². The number of furan rings is 1. The number of para-hydroxylation sites is 1. The summed E-state index contributed by atoms with van der Waals surface area (Å²) in [6.07, 6.45) is 0. The highest BCUT2D eigenvalue weighted by Crippen LogP contribution is 2.27. The average Bonchev–Trinajstić information content (AvgIpc) is 3.03. The predicted octanol–water partition coefficient (Wildman–Crippen LogP) is 4.20. The largest absolute Gasteiger partial charge is 0.455 e. The summed E-state index contributed by atoms with van der Waals surface area (Å²) in [7, 11) is 0. The van der Waals surface area contributed by atoms with Crippen LogP contribution in [0.1, 0.15) is 34.2 Å². The predicted molar refractivity (Wildman–Crippen MR) is 91.8 cm³/mol. The lowest BCUT2D eigenvalue weighted by Crippen LogP contribution is -2.07. The smallest absolute Gasteiger partial charge is 0.374 e. The Bertz CT molecular complexity index is 919.